The number of nitrogens with one attached hydrogen (secondary N) is 1. The number of allylic oxidation sites excluding steroid dienone is 2. The summed E-state index contributed by atoms with van der Waals surface area (Å²) in [5.74, 6) is -0.633. The Balaban J connectivity index is 1.38. The van der Waals surface area contributed by atoms with Gasteiger partial charge in [0.2, 0.25) is 0 Å². The average molecular weight is 517 g/mol. The van der Waals surface area contributed by atoms with Crippen LogP contribution in [0.15, 0.2) is 48.8 Å². The molecule has 0 atom stereocenters. The maximum absolute atomic E-state index is 15.0. The minimum atomic E-state index is -0.712. The molecule has 4 aromatic rings. The van der Waals surface area contributed by atoms with Crippen molar-refractivity contribution in [1.29, 1.82) is 0 Å². The Hall–Kier alpha value is -4.73. The SMILES string of the molecule is COc1cc2nccc(Oc3ccc(NC(=O)c4cnc(C)c(C5=CCCC5)c4O)cc3F)c2nc1OC. The molecule has 1 aliphatic carbocycles. The van der Waals surface area contributed by atoms with Gasteiger partial charge in [0.25, 0.3) is 11.8 Å². The third-order valence-electron chi connectivity index (χ3n) is 6.28. The molecule has 194 valence electrons. The fourth-order valence-corrected chi connectivity index (χ4v) is 4.41. The highest BCUT2D eigenvalue weighted by Gasteiger charge is 2.22. The molecule has 9 nitrogen and oxygen atoms in total. The van der Waals surface area contributed by atoms with Crippen molar-refractivity contribution in [2.24, 2.45) is 0 Å². The molecule has 0 bridgehead atoms. The molecule has 0 unspecified atom stereocenters. The third-order valence-corrected chi connectivity index (χ3v) is 6.28. The molecule has 38 heavy (non-hydrogen) atoms. The number of carbonyl (C=O) groups excluding carboxylic acids is 1. The minimum absolute atomic E-state index is 0.0119. The van der Waals surface area contributed by atoms with Gasteiger partial charge in [0.05, 0.1) is 19.7 Å². The monoisotopic (exact) mass is 516 g/mol. The zero-order valence-electron chi connectivity index (χ0n) is 21.0. The number of anilines is 1. The lowest BCUT2D eigenvalue weighted by Crippen LogP contribution is -2.14. The summed E-state index contributed by atoms with van der Waals surface area (Å²) in [4.78, 5) is 25.9. The van der Waals surface area contributed by atoms with Crippen molar-refractivity contribution in [2.45, 2.75) is 26.2 Å². The molecule has 5 rings (SSSR count). The van der Waals surface area contributed by atoms with Gasteiger partial charge in [-0.2, -0.15) is 0 Å². The minimum Gasteiger partial charge on any atom is -0.506 e. The first-order valence-electron chi connectivity index (χ1n) is 11.9. The van der Waals surface area contributed by atoms with Gasteiger partial charge in [0.15, 0.2) is 23.1 Å². The van der Waals surface area contributed by atoms with Crippen molar-refractivity contribution in [2.75, 3.05) is 19.5 Å². The van der Waals surface area contributed by atoms with E-state index in [9.17, 15) is 9.90 Å². The molecule has 3 heterocycles. The van der Waals surface area contributed by atoms with E-state index >= 15 is 4.39 Å². The summed E-state index contributed by atoms with van der Waals surface area (Å²) < 4.78 is 31.3. The molecule has 2 N–H and O–H groups in total. The third kappa shape index (κ3) is 4.68. The number of aromatic hydroxyl groups is 1. The van der Waals surface area contributed by atoms with E-state index in [1.54, 1.807) is 19.1 Å². The quantitative estimate of drug-likeness (QED) is 0.316. The number of benzene rings is 1. The summed E-state index contributed by atoms with van der Waals surface area (Å²) in [5, 5.41) is 13.5. The number of carbonyl (C=O) groups is 1. The lowest BCUT2D eigenvalue weighted by molar-refractivity contribution is 0.102. The van der Waals surface area contributed by atoms with Crippen LogP contribution < -0.4 is 19.5 Å². The highest BCUT2D eigenvalue weighted by atomic mass is 19.1. The fraction of sp³-hybridized carbons (Fsp3) is 0.214. The summed E-state index contributed by atoms with van der Waals surface area (Å²) in [6, 6.07) is 7.22. The predicted octanol–water partition coefficient (Wildman–Crippen LogP) is 5.81. The Morgan fingerprint density at radius 1 is 1.08 bits per heavy atom. The molecular weight excluding hydrogens is 491 g/mol. The number of nitrogens with zero attached hydrogens (tertiary/aromatic N) is 3. The Kier molecular flexibility index (Phi) is 6.78. The Labute approximate surface area is 217 Å². The van der Waals surface area contributed by atoms with Crippen LogP contribution in [0.5, 0.6) is 28.9 Å². The molecule has 0 fully saturated rings. The second-order valence-electron chi connectivity index (χ2n) is 8.68. The topological polar surface area (TPSA) is 116 Å². The van der Waals surface area contributed by atoms with E-state index in [4.69, 9.17) is 14.2 Å². The van der Waals surface area contributed by atoms with Crippen molar-refractivity contribution >= 4 is 28.2 Å². The van der Waals surface area contributed by atoms with Crippen molar-refractivity contribution < 1.29 is 28.5 Å². The highest BCUT2D eigenvalue weighted by Crippen LogP contribution is 2.38. The molecule has 0 spiro atoms. The van der Waals surface area contributed by atoms with Crippen LogP contribution in [0.3, 0.4) is 0 Å². The molecule has 0 saturated heterocycles. The lowest BCUT2D eigenvalue weighted by Gasteiger charge is -2.14. The maximum atomic E-state index is 15.0. The number of hydrogen-bond acceptors (Lipinski definition) is 8. The van der Waals surface area contributed by atoms with Crippen molar-refractivity contribution in [3.05, 3.63) is 71.4 Å². The van der Waals surface area contributed by atoms with Crippen LogP contribution in [0, 0.1) is 12.7 Å². The molecule has 0 saturated carbocycles. The first-order chi connectivity index (χ1) is 18.4. The number of hydrogen-bond donors (Lipinski definition) is 2. The molecule has 10 heteroatoms. The largest absolute Gasteiger partial charge is 0.506 e. The fourth-order valence-electron chi connectivity index (χ4n) is 4.41. The summed E-state index contributed by atoms with van der Waals surface area (Å²) in [5.41, 5.74) is 3.24. The van der Waals surface area contributed by atoms with Gasteiger partial charge in [-0.05, 0) is 43.9 Å². The van der Waals surface area contributed by atoms with Gasteiger partial charge in [-0.25, -0.2) is 9.37 Å². The van der Waals surface area contributed by atoms with Crippen LogP contribution in [0.1, 0.15) is 40.9 Å². The first-order valence-corrected chi connectivity index (χ1v) is 11.9. The summed E-state index contributed by atoms with van der Waals surface area (Å²) in [6.07, 6.45) is 7.61. The van der Waals surface area contributed by atoms with Crippen LogP contribution in [0.2, 0.25) is 0 Å². The Morgan fingerprint density at radius 2 is 1.92 bits per heavy atom. The Morgan fingerprint density at radius 3 is 2.63 bits per heavy atom. The van der Waals surface area contributed by atoms with E-state index in [1.807, 2.05) is 6.08 Å². The second-order valence-corrected chi connectivity index (χ2v) is 8.68. The molecule has 0 aliphatic heterocycles. The van der Waals surface area contributed by atoms with Gasteiger partial charge >= 0.3 is 0 Å². The molecule has 1 aromatic carbocycles. The number of pyridine rings is 3. The number of rotatable bonds is 7. The van der Waals surface area contributed by atoms with E-state index in [2.05, 4.69) is 20.3 Å². The van der Waals surface area contributed by atoms with Crippen molar-refractivity contribution in [3.8, 4) is 28.9 Å². The standard InChI is InChI=1S/C28H25FN4O5/c1-15-24(16-6-4-5-7-16)26(34)18(14-31-15)27(35)32-17-8-9-21(19(29)12-17)38-22-10-11-30-20-13-23(36-2)28(37-3)33-25(20)22/h6,8-14H,4-5,7H2,1-3H3,(H,31,34)(H,32,35). The molecule has 3 aromatic heterocycles. The average Bonchev–Trinajstić information content (AvgIpc) is 3.44. The van der Waals surface area contributed by atoms with Gasteiger partial charge < -0.3 is 24.6 Å². The van der Waals surface area contributed by atoms with Gasteiger partial charge in [0.1, 0.15) is 16.8 Å². The molecule has 1 amide bonds. The van der Waals surface area contributed by atoms with Crippen LogP contribution in [-0.2, 0) is 0 Å². The normalized spacial score (nSPS) is 12.8. The summed E-state index contributed by atoms with van der Waals surface area (Å²) in [7, 11) is 2.95. The van der Waals surface area contributed by atoms with E-state index in [0.717, 1.165) is 30.9 Å². The number of fused-ring (bicyclic) bond motifs is 1. The molecular formula is C28H25FN4O5. The number of aromatic nitrogens is 3. The van der Waals surface area contributed by atoms with E-state index < -0.39 is 11.7 Å². The number of amides is 1. The second kappa shape index (κ2) is 10.3. The number of halogens is 1. The first kappa shape index (κ1) is 24.9. The van der Waals surface area contributed by atoms with Gasteiger partial charge in [-0.3, -0.25) is 14.8 Å². The Bertz CT molecular complexity index is 1590. The van der Waals surface area contributed by atoms with E-state index in [0.29, 0.717) is 28.0 Å². The van der Waals surface area contributed by atoms with Gasteiger partial charge in [0, 0.05) is 47.5 Å². The summed E-state index contributed by atoms with van der Waals surface area (Å²) >= 11 is 0. The zero-order chi connectivity index (χ0) is 26.8. The van der Waals surface area contributed by atoms with Crippen LogP contribution >= 0.6 is 0 Å². The molecule has 1 aliphatic rings. The maximum Gasteiger partial charge on any atom is 0.261 e. The van der Waals surface area contributed by atoms with E-state index in [1.165, 1.54) is 38.7 Å². The molecule has 0 radical (unpaired) electrons. The van der Waals surface area contributed by atoms with Gasteiger partial charge in [-0.1, -0.05) is 6.08 Å². The van der Waals surface area contributed by atoms with Crippen molar-refractivity contribution in [1.82, 2.24) is 15.0 Å². The predicted molar refractivity (Wildman–Crippen MR) is 140 cm³/mol. The number of ether oxygens (including phenoxy) is 3. The highest BCUT2D eigenvalue weighted by molar-refractivity contribution is 6.07. The van der Waals surface area contributed by atoms with Crippen LogP contribution in [-0.4, -0.2) is 40.2 Å². The van der Waals surface area contributed by atoms with Gasteiger partial charge in [-0.15, -0.1) is 0 Å². The lowest BCUT2D eigenvalue weighted by atomic mass is 10.00. The van der Waals surface area contributed by atoms with E-state index in [-0.39, 0.29) is 34.4 Å². The number of aryl methyl sites for hydroxylation is 1. The van der Waals surface area contributed by atoms with Crippen LogP contribution in [0.4, 0.5) is 10.1 Å². The number of methoxy groups -OCH3 is 2. The zero-order valence-corrected chi connectivity index (χ0v) is 21.0. The smallest absolute Gasteiger partial charge is 0.261 e. The van der Waals surface area contributed by atoms with Crippen molar-refractivity contribution in [3.63, 3.8) is 0 Å². The van der Waals surface area contributed by atoms with Crippen LogP contribution in [0.25, 0.3) is 16.6 Å². The summed E-state index contributed by atoms with van der Waals surface area (Å²) in [6.45, 7) is 1.79.